The quantitative estimate of drug-likeness (QED) is 0.859. The predicted molar refractivity (Wildman–Crippen MR) is 80.7 cm³/mol. The third-order valence-electron chi connectivity index (χ3n) is 5.89. The molecule has 0 aromatic heterocycles. The molecule has 4 rings (SSSR count). The summed E-state index contributed by atoms with van der Waals surface area (Å²) in [6.45, 7) is 1.19. The van der Waals surface area contributed by atoms with Crippen LogP contribution in [0.4, 0.5) is 0 Å². The molecule has 0 heterocycles. The zero-order chi connectivity index (χ0) is 13.6. The molecule has 2 heteroatoms. The molecule has 3 saturated carbocycles. The van der Waals surface area contributed by atoms with Gasteiger partial charge in [-0.2, -0.15) is 0 Å². The number of nitrogens with one attached hydrogen (secondary N) is 1. The summed E-state index contributed by atoms with van der Waals surface area (Å²) in [5, 5.41) is 13.5. The second kappa shape index (κ2) is 4.77. The third kappa shape index (κ3) is 2.35. The van der Waals surface area contributed by atoms with Gasteiger partial charge in [-0.1, -0.05) is 18.6 Å². The minimum absolute atomic E-state index is 0.413. The molecule has 1 aromatic rings. The Morgan fingerprint density at radius 3 is 2.75 bits per heavy atom. The third-order valence-corrected chi connectivity index (χ3v) is 5.89. The van der Waals surface area contributed by atoms with Crippen LogP contribution in [0.2, 0.25) is 0 Å². The Kier molecular flexibility index (Phi) is 3.03. The standard InChI is InChI=1S/C18H25NO/c20-17-3-1-2-13(9-17)10-18(12-19-16-6-7-16)11-14-4-5-15(18)8-14/h1-3,9,14-16,19-20H,4-8,10-12H2. The zero-order valence-corrected chi connectivity index (χ0v) is 12.1. The molecule has 3 aliphatic carbocycles. The highest BCUT2D eigenvalue weighted by Gasteiger charge is 2.50. The van der Waals surface area contributed by atoms with Crippen LogP contribution >= 0.6 is 0 Å². The first-order valence-electron chi connectivity index (χ1n) is 8.25. The SMILES string of the molecule is Oc1cccc(CC2(CNC3CC3)CC3CCC2C3)c1. The molecule has 3 aliphatic rings. The van der Waals surface area contributed by atoms with E-state index in [4.69, 9.17) is 0 Å². The van der Waals surface area contributed by atoms with Gasteiger partial charge in [-0.3, -0.25) is 0 Å². The van der Waals surface area contributed by atoms with Crippen molar-refractivity contribution in [3.63, 3.8) is 0 Å². The van der Waals surface area contributed by atoms with Crippen molar-refractivity contribution in [1.82, 2.24) is 5.32 Å². The molecular weight excluding hydrogens is 246 g/mol. The average molecular weight is 271 g/mol. The van der Waals surface area contributed by atoms with Crippen molar-refractivity contribution in [1.29, 1.82) is 0 Å². The zero-order valence-electron chi connectivity index (χ0n) is 12.1. The van der Waals surface area contributed by atoms with E-state index >= 15 is 0 Å². The van der Waals surface area contributed by atoms with E-state index in [1.165, 1.54) is 50.6 Å². The normalized spacial score (nSPS) is 35.6. The van der Waals surface area contributed by atoms with Crippen LogP contribution in [0.15, 0.2) is 24.3 Å². The van der Waals surface area contributed by atoms with Gasteiger partial charge in [0.2, 0.25) is 0 Å². The van der Waals surface area contributed by atoms with Crippen LogP contribution in [0.25, 0.3) is 0 Å². The molecule has 0 amide bonds. The summed E-state index contributed by atoms with van der Waals surface area (Å²) < 4.78 is 0. The molecule has 2 N–H and O–H groups in total. The minimum atomic E-state index is 0.413. The van der Waals surface area contributed by atoms with Crippen molar-refractivity contribution in [3.8, 4) is 5.75 Å². The highest BCUT2D eigenvalue weighted by Crippen LogP contribution is 2.57. The summed E-state index contributed by atoms with van der Waals surface area (Å²) in [5.41, 5.74) is 1.77. The Morgan fingerprint density at radius 2 is 2.10 bits per heavy atom. The lowest BCUT2D eigenvalue weighted by Gasteiger charge is -2.38. The van der Waals surface area contributed by atoms with E-state index in [2.05, 4.69) is 11.4 Å². The molecule has 0 saturated heterocycles. The van der Waals surface area contributed by atoms with E-state index in [1.54, 1.807) is 6.07 Å². The first kappa shape index (κ1) is 12.7. The van der Waals surface area contributed by atoms with Crippen molar-refractivity contribution >= 4 is 0 Å². The summed E-state index contributed by atoms with van der Waals surface area (Å²) in [4.78, 5) is 0. The summed E-state index contributed by atoms with van der Waals surface area (Å²) >= 11 is 0. The van der Waals surface area contributed by atoms with Gasteiger partial charge in [0, 0.05) is 12.6 Å². The van der Waals surface area contributed by atoms with E-state index < -0.39 is 0 Å². The van der Waals surface area contributed by atoms with Crippen LogP contribution in [0.3, 0.4) is 0 Å². The smallest absolute Gasteiger partial charge is 0.115 e. The second-order valence-corrected chi connectivity index (χ2v) is 7.44. The van der Waals surface area contributed by atoms with E-state index in [9.17, 15) is 5.11 Å². The van der Waals surface area contributed by atoms with Gasteiger partial charge in [-0.15, -0.1) is 0 Å². The average Bonchev–Trinajstić information content (AvgIpc) is 3.06. The van der Waals surface area contributed by atoms with Crippen LogP contribution in [0, 0.1) is 17.3 Å². The topological polar surface area (TPSA) is 32.3 Å². The van der Waals surface area contributed by atoms with E-state index in [1.807, 2.05) is 12.1 Å². The van der Waals surface area contributed by atoms with Gasteiger partial charge in [0.25, 0.3) is 0 Å². The number of phenols is 1. The van der Waals surface area contributed by atoms with E-state index in [0.717, 1.165) is 24.3 Å². The monoisotopic (exact) mass is 271 g/mol. The molecule has 0 aliphatic heterocycles. The van der Waals surface area contributed by atoms with Gasteiger partial charge in [0.15, 0.2) is 0 Å². The summed E-state index contributed by atoms with van der Waals surface area (Å²) in [6.07, 6.45) is 9.61. The molecule has 0 spiro atoms. The Labute approximate surface area is 121 Å². The molecule has 3 unspecified atom stereocenters. The number of fused-ring (bicyclic) bond motifs is 2. The summed E-state index contributed by atoms with van der Waals surface area (Å²) in [7, 11) is 0. The highest BCUT2D eigenvalue weighted by molar-refractivity contribution is 5.28. The molecule has 3 fully saturated rings. The van der Waals surface area contributed by atoms with Crippen LogP contribution in [0.5, 0.6) is 5.75 Å². The molecule has 2 bridgehead atoms. The maximum absolute atomic E-state index is 9.72. The van der Waals surface area contributed by atoms with Crippen LogP contribution < -0.4 is 5.32 Å². The van der Waals surface area contributed by atoms with Crippen molar-refractivity contribution in [2.75, 3.05) is 6.54 Å². The lowest BCUT2D eigenvalue weighted by molar-refractivity contribution is 0.155. The fourth-order valence-electron chi connectivity index (χ4n) is 4.76. The van der Waals surface area contributed by atoms with Crippen molar-refractivity contribution in [3.05, 3.63) is 29.8 Å². The first-order valence-corrected chi connectivity index (χ1v) is 8.25. The van der Waals surface area contributed by atoms with Gasteiger partial charge < -0.3 is 10.4 Å². The number of aromatic hydroxyl groups is 1. The van der Waals surface area contributed by atoms with Gasteiger partial charge in [-0.05, 0) is 73.5 Å². The maximum atomic E-state index is 9.72. The van der Waals surface area contributed by atoms with Gasteiger partial charge in [0.1, 0.15) is 5.75 Å². The molecule has 2 nitrogen and oxygen atoms in total. The van der Waals surface area contributed by atoms with Crippen LogP contribution in [-0.4, -0.2) is 17.7 Å². The number of benzene rings is 1. The Balaban J connectivity index is 1.54. The summed E-state index contributed by atoms with van der Waals surface area (Å²) in [6, 6.07) is 8.71. The molecule has 1 aromatic carbocycles. The van der Waals surface area contributed by atoms with Gasteiger partial charge in [0.05, 0.1) is 0 Å². The summed E-state index contributed by atoms with van der Waals surface area (Å²) in [5.74, 6) is 2.29. The van der Waals surface area contributed by atoms with Crippen molar-refractivity contribution in [2.45, 2.75) is 51.0 Å². The number of phenolic OH excluding ortho intramolecular Hbond substituents is 1. The first-order chi connectivity index (χ1) is 9.73. The Morgan fingerprint density at radius 1 is 1.20 bits per heavy atom. The number of hydrogen-bond donors (Lipinski definition) is 2. The van der Waals surface area contributed by atoms with Crippen LogP contribution in [0.1, 0.15) is 44.1 Å². The minimum Gasteiger partial charge on any atom is -0.508 e. The number of hydrogen-bond acceptors (Lipinski definition) is 2. The molecule has 0 radical (unpaired) electrons. The van der Waals surface area contributed by atoms with E-state index in [-0.39, 0.29) is 0 Å². The molecule has 3 atom stereocenters. The lowest BCUT2D eigenvalue weighted by Crippen LogP contribution is -2.41. The van der Waals surface area contributed by atoms with Crippen molar-refractivity contribution < 1.29 is 5.11 Å². The fourth-order valence-corrected chi connectivity index (χ4v) is 4.76. The molecule has 108 valence electrons. The fraction of sp³-hybridized carbons (Fsp3) is 0.667. The van der Waals surface area contributed by atoms with Gasteiger partial charge in [-0.25, -0.2) is 0 Å². The Bertz CT molecular complexity index is 496. The second-order valence-electron chi connectivity index (χ2n) is 7.44. The highest BCUT2D eigenvalue weighted by atomic mass is 16.3. The molecular formula is C18H25NO. The maximum Gasteiger partial charge on any atom is 0.115 e. The van der Waals surface area contributed by atoms with Crippen molar-refractivity contribution in [2.24, 2.45) is 17.3 Å². The predicted octanol–water partition coefficient (Wildman–Crippen LogP) is 3.49. The van der Waals surface area contributed by atoms with Gasteiger partial charge >= 0.3 is 0 Å². The molecule has 20 heavy (non-hydrogen) atoms. The number of rotatable bonds is 5. The Hall–Kier alpha value is -1.02. The van der Waals surface area contributed by atoms with E-state index in [0.29, 0.717) is 11.2 Å². The largest absolute Gasteiger partial charge is 0.508 e. The lowest BCUT2D eigenvalue weighted by atomic mass is 9.69. The van der Waals surface area contributed by atoms with Crippen LogP contribution in [-0.2, 0) is 6.42 Å².